The number of hydrogen-bond acceptors (Lipinski definition) is 3. The first kappa shape index (κ1) is 11.7. The quantitative estimate of drug-likeness (QED) is 0.795. The lowest BCUT2D eigenvalue weighted by atomic mass is 10.0. The van der Waals surface area contributed by atoms with Crippen molar-refractivity contribution in [3.05, 3.63) is 29.3 Å². The molecule has 0 amide bonds. The van der Waals surface area contributed by atoms with Crippen LogP contribution in [0.25, 0.3) is 0 Å². The summed E-state index contributed by atoms with van der Waals surface area (Å²) >= 11 is 0. The van der Waals surface area contributed by atoms with Crippen LogP contribution in [0.4, 0.5) is 0 Å². The Labute approximate surface area is 90.2 Å². The number of carbonyl (C=O) groups excluding carboxylic acids is 1. The fourth-order valence-corrected chi connectivity index (χ4v) is 1.44. The topological polar surface area (TPSA) is 52.3 Å². The van der Waals surface area contributed by atoms with Gasteiger partial charge in [-0.3, -0.25) is 4.79 Å². The van der Waals surface area contributed by atoms with Crippen molar-refractivity contribution < 1.29 is 9.53 Å². The maximum absolute atomic E-state index is 11.0. The Bertz CT molecular complexity index is 347. The van der Waals surface area contributed by atoms with E-state index < -0.39 is 0 Å². The minimum atomic E-state index is 0.161. The Kier molecular flexibility index (Phi) is 4.31. The molecule has 82 valence electrons. The summed E-state index contributed by atoms with van der Waals surface area (Å²) in [6.07, 6.45) is 0.464. The standard InChI is InChI=1S/C12H17NO2/c1-9(14)8-11-4-3-5-12(10(11)2)15-7-6-13/h3-5H,6-8,13H2,1-2H3. The minimum absolute atomic E-state index is 0.161. The second-order valence-corrected chi connectivity index (χ2v) is 3.56. The van der Waals surface area contributed by atoms with Crippen LogP contribution in [0.2, 0.25) is 0 Å². The molecule has 0 bridgehead atoms. The molecule has 1 aromatic carbocycles. The predicted octanol–water partition coefficient (Wildman–Crippen LogP) is 1.46. The molecule has 0 heterocycles. The van der Waals surface area contributed by atoms with Crippen LogP contribution in [-0.4, -0.2) is 18.9 Å². The molecular formula is C12H17NO2. The van der Waals surface area contributed by atoms with Crippen molar-refractivity contribution in [3.63, 3.8) is 0 Å². The third-order valence-electron chi connectivity index (χ3n) is 2.21. The van der Waals surface area contributed by atoms with Crippen molar-refractivity contribution in [1.29, 1.82) is 0 Å². The number of Topliss-reactive ketones (excluding diaryl/α,β-unsaturated/α-hetero) is 1. The monoisotopic (exact) mass is 207 g/mol. The molecule has 1 aromatic rings. The molecule has 0 fully saturated rings. The highest BCUT2D eigenvalue weighted by atomic mass is 16.5. The zero-order valence-electron chi connectivity index (χ0n) is 9.25. The van der Waals surface area contributed by atoms with Crippen molar-refractivity contribution in [3.8, 4) is 5.75 Å². The molecule has 0 saturated heterocycles. The van der Waals surface area contributed by atoms with Crippen molar-refractivity contribution in [2.75, 3.05) is 13.2 Å². The average molecular weight is 207 g/mol. The fourth-order valence-electron chi connectivity index (χ4n) is 1.44. The first-order valence-corrected chi connectivity index (χ1v) is 5.06. The van der Waals surface area contributed by atoms with Crippen molar-refractivity contribution in [2.45, 2.75) is 20.3 Å². The number of nitrogens with two attached hydrogens (primary N) is 1. The molecule has 15 heavy (non-hydrogen) atoms. The molecule has 0 aliphatic heterocycles. The normalized spacial score (nSPS) is 10.1. The van der Waals surface area contributed by atoms with Gasteiger partial charge < -0.3 is 10.5 Å². The summed E-state index contributed by atoms with van der Waals surface area (Å²) in [6, 6.07) is 5.75. The number of rotatable bonds is 5. The van der Waals surface area contributed by atoms with Gasteiger partial charge in [-0.05, 0) is 31.0 Å². The lowest BCUT2D eigenvalue weighted by Gasteiger charge is -2.11. The molecule has 1 rings (SSSR count). The van der Waals surface area contributed by atoms with Gasteiger partial charge in [-0.1, -0.05) is 12.1 Å². The van der Waals surface area contributed by atoms with Crippen molar-refractivity contribution in [1.82, 2.24) is 0 Å². The van der Waals surface area contributed by atoms with Crippen LogP contribution >= 0.6 is 0 Å². The first-order chi connectivity index (χ1) is 7.15. The van der Waals surface area contributed by atoms with Crippen LogP contribution in [-0.2, 0) is 11.2 Å². The molecule has 0 unspecified atom stereocenters. The highest BCUT2D eigenvalue weighted by Crippen LogP contribution is 2.21. The summed E-state index contributed by atoms with van der Waals surface area (Å²) in [6.45, 7) is 4.55. The predicted molar refractivity (Wildman–Crippen MR) is 60.1 cm³/mol. The highest BCUT2D eigenvalue weighted by Gasteiger charge is 2.06. The lowest BCUT2D eigenvalue weighted by Crippen LogP contribution is -2.11. The summed E-state index contributed by atoms with van der Waals surface area (Å²) < 4.78 is 5.47. The zero-order valence-corrected chi connectivity index (χ0v) is 9.25. The van der Waals surface area contributed by atoms with Gasteiger partial charge in [-0.2, -0.15) is 0 Å². The summed E-state index contributed by atoms with van der Waals surface area (Å²) in [5.41, 5.74) is 7.42. The molecule has 0 atom stereocenters. The van der Waals surface area contributed by atoms with Crippen LogP contribution in [0.15, 0.2) is 18.2 Å². The third kappa shape index (κ3) is 3.36. The molecule has 0 saturated carbocycles. The average Bonchev–Trinajstić information content (AvgIpc) is 2.19. The number of benzene rings is 1. The van der Waals surface area contributed by atoms with E-state index in [2.05, 4.69) is 0 Å². The van der Waals surface area contributed by atoms with Crippen LogP contribution < -0.4 is 10.5 Å². The SMILES string of the molecule is CC(=O)Cc1cccc(OCCN)c1C. The molecule has 3 nitrogen and oxygen atoms in total. The van der Waals surface area contributed by atoms with E-state index >= 15 is 0 Å². The Morgan fingerprint density at radius 1 is 1.47 bits per heavy atom. The number of ether oxygens (including phenoxy) is 1. The second kappa shape index (κ2) is 5.51. The smallest absolute Gasteiger partial charge is 0.134 e. The molecular weight excluding hydrogens is 190 g/mol. The summed E-state index contributed by atoms with van der Waals surface area (Å²) in [5, 5.41) is 0. The van der Waals surface area contributed by atoms with Gasteiger partial charge >= 0.3 is 0 Å². The largest absolute Gasteiger partial charge is 0.492 e. The Balaban J connectivity index is 2.85. The Hall–Kier alpha value is -1.35. The van der Waals surface area contributed by atoms with E-state index in [1.807, 2.05) is 25.1 Å². The Morgan fingerprint density at radius 2 is 2.20 bits per heavy atom. The van der Waals surface area contributed by atoms with Gasteiger partial charge in [0.05, 0.1) is 0 Å². The van der Waals surface area contributed by atoms with Gasteiger partial charge in [0.1, 0.15) is 18.1 Å². The zero-order chi connectivity index (χ0) is 11.3. The molecule has 0 aliphatic carbocycles. The summed E-state index contributed by atoms with van der Waals surface area (Å²) in [4.78, 5) is 11.0. The van der Waals surface area contributed by atoms with E-state index in [0.29, 0.717) is 19.6 Å². The van der Waals surface area contributed by atoms with Crippen molar-refractivity contribution in [2.24, 2.45) is 5.73 Å². The minimum Gasteiger partial charge on any atom is -0.492 e. The summed E-state index contributed by atoms with van der Waals surface area (Å²) in [7, 11) is 0. The van der Waals surface area contributed by atoms with E-state index in [1.54, 1.807) is 6.92 Å². The fraction of sp³-hybridized carbons (Fsp3) is 0.417. The maximum atomic E-state index is 11.0. The number of hydrogen-bond donors (Lipinski definition) is 1. The van der Waals surface area contributed by atoms with Gasteiger partial charge in [0, 0.05) is 13.0 Å². The van der Waals surface area contributed by atoms with Crippen LogP contribution in [0.1, 0.15) is 18.1 Å². The van der Waals surface area contributed by atoms with Crippen LogP contribution in [0.5, 0.6) is 5.75 Å². The highest BCUT2D eigenvalue weighted by molar-refractivity contribution is 5.78. The van der Waals surface area contributed by atoms with E-state index in [0.717, 1.165) is 16.9 Å². The molecule has 0 aliphatic rings. The maximum Gasteiger partial charge on any atom is 0.134 e. The van der Waals surface area contributed by atoms with Gasteiger partial charge in [-0.25, -0.2) is 0 Å². The van der Waals surface area contributed by atoms with Gasteiger partial charge in [0.15, 0.2) is 0 Å². The van der Waals surface area contributed by atoms with E-state index in [1.165, 1.54) is 0 Å². The van der Waals surface area contributed by atoms with Crippen molar-refractivity contribution >= 4 is 5.78 Å². The first-order valence-electron chi connectivity index (χ1n) is 5.06. The second-order valence-electron chi connectivity index (χ2n) is 3.56. The van der Waals surface area contributed by atoms with Gasteiger partial charge in [-0.15, -0.1) is 0 Å². The van der Waals surface area contributed by atoms with E-state index in [9.17, 15) is 4.79 Å². The number of ketones is 1. The molecule has 0 aromatic heterocycles. The van der Waals surface area contributed by atoms with Crippen LogP contribution in [0.3, 0.4) is 0 Å². The number of carbonyl (C=O) groups is 1. The van der Waals surface area contributed by atoms with Gasteiger partial charge in [0.2, 0.25) is 0 Å². The Morgan fingerprint density at radius 3 is 2.80 bits per heavy atom. The summed E-state index contributed by atoms with van der Waals surface area (Å²) in [5.74, 6) is 0.980. The molecule has 0 spiro atoms. The van der Waals surface area contributed by atoms with Crippen LogP contribution in [0, 0.1) is 6.92 Å². The van der Waals surface area contributed by atoms with Gasteiger partial charge in [0.25, 0.3) is 0 Å². The van der Waals surface area contributed by atoms with E-state index in [-0.39, 0.29) is 5.78 Å². The van der Waals surface area contributed by atoms with E-state index in [4.69, 9.17) is 10.5 Å². The molecule has 3 heteroatoms. The lowest BCUT2D eigenvalue weighted by molar-refractivity contribution is -0.116. The molecule has 0 radical (unpaired) electrons. The third-order valence-corrected chi connectivity index (χ3v) is 2.21. The molecule has 2 N–H and O–H groups in total.